The third kappa shape index (κ3) is 11.1. The van der Waals surface area contributed by atoms with Crippen molar-refractivity contribution in [3.05, 3.63) is 81.6 Å². The first-order valence-corrected chi connectivity index (χ1v) is 19.4. The Hall–Kier alpha value is -2.84. The number of amides is 1. The smallest absolute Gasteiger partial charge is 0.254 e. The summed E-state index contributed by atoms with van der Waals surface area (Å²) >= 11 is 13.5. The van der Waals surface area contributed by atoms with Crippen LogP contribution in [0.1, 0.15) is 80.9 Å². The molecule has 5 rings (SSSR count). The third-order valence-electron chi connectivity index (χ3n) is 10.0. The topological polar surface area (TPSA) is 173 Å². The van der Waals surface area contributed by atoms with Crippen molar-refractivity contribution in [1.29, 1.82) is 0 Å². The number of aliphatic hydroxyl groups is 6. The molecule has 1 aromatic heterocycles. The van der Waals surface area contributed by atoms with Crippen LogP contribution in [0.3, 0.4) is 0 Å². The quantitative estimate of drug-likeness (QED) is 0.0725. The van der Waals surface area contributed by atoms with Crippen LogP contribution in [0, 0.1) is 0 Å². The van der Waals surface area contributed by atoms with E-state index in [2.05, 4.69) is 11.1 Å². The molecule has 6 N–H and O–H groups in total. The lowest BCUT2D eigenvalue weighted by atomic mass is 9.96. The zero-order chi connectivity index (χ0) is 38.0. The summed E-state index contributed by atoms with van der Waals surface area (Å²) in [5.41, 5.74) is 4.21. The highest BCUT2D eigenvalue weighted by Gasteiger charge is 2.48. The fourth-order valence-electron chi connectivity index (χ4n) is 6.48. The molecular weight excluding hydrogens is 723 g/mol. The number of halogens is 2. The number of hydrogen-bond acceptors (Lipinski definition) is 10. The number of hydrogen-bond donors (Lipinski definition) is 6. The van der Waals surface area contributed by atoms with Gasteiger partial charge in [0, 0.05) is 53.3 Å². The van der Waals surface area contributed by atoms with Gasteiger partial charge in [-0.25, -0.2) is 0 Å². The van der Waals surface area contributed by atoms with Crippen molar-refractivity contribution >= 4 is 29.1 Å². The van der Waals surface area contributed by atoms with Gasteiger partial charge in [-0.05, 0) is 98.7 Å². The SMILES string of the molecule is O=C([C@H](O)[C@@H](O)[C@H](O)[C@H](O)CO)N(CCCCCCO)CCCCc1cc(Cl)c(COC2(c3cnccc3-c3ccccc3OC3CC3)CC2)cc1Cl. The van der Waals surface area contributed by atoms with Gasteiger partial charge in [0.25, 0.3) is 5.91 Å². The van der Waals surface area contributed by atoms with Gasteiger partial charge in [-0.3, -0.25) is 9.78 Å². The fourth-order valence-corrected chi connectivity index (χ4v) is 7.00. The van der Waals surface area contributed by atoms with Crippen molar-refractivity contribution in [1.82, 2.24) is 9.88 Å². The number of benzene rings is 2. The zero-order valence-electron chi connectivity index (χ0n) is 30.0. The molecule has 2 fully saturated rings. The van der Waals surface area contributed by atoms with Crippen molar-refractivity contribution in [2.75, 3.05) is 26.3 Å². The summed E-state index contributed by atoms with van der Waals surface area (Å²) in [5, 5.41) is 59.8. The van der Waals surface area contributed by atoms with Crippen LogP contribution < -0.4 is 4.74 Å². The number of aromatic nitrogens is 1. The number of carbonyl (C=O) groups is 1. The highest BCUT2D eigenvalue weighted by atomic mass is 35.5. The van der Waals surface area contributed by atoms with E-state index in [-0.39, 0.29) is 25.9 Å². The molecule has 2 aliphatic carbocycles. The second-order valence-corrected chi connectivity index (χ2v) is 15.0. The predicted octanol–water partition coefficient (Wildman–Crippen LogP) is 4.94. The molecule has 2 saturated carbocycles. The number of carbonyl (C=O) groups excluding carboxylic acids is 1. The van der Waals surface area contributed by atoms with Crippen molar-refractivity contribution in [2.45, 2.75) is 113 Å². The van der Waals surface area contributed by atoms with E-state index >= 15 is 0 Å². The molecule has 0 bridgehead atoms. The van der Waals surface area contributed by atoms with Crippen molar-refractivity contribution in [3.8, 4) is 16.9 Å². The first-order valence-electron chi connectivity index (χ1n) is 18.6. The zero-order valence-corrected chi connectivity index (χ0v) is 31.5. The van der Waals surface area contributed by atoms with Gasteiger partial charge < -0.3 is 45.0 Å². The molecule has 4 atom stereocenters. The lowest BCUT2D eigenvalue weighted by Crippen LogP contribution is -2.53. The van der Waals surface area contributed by atoms with Crippen LogP contribution in [0.25, 0.3) is 11.1 Å². The van der Waals surface area contributed by atoms with E-state index in [1.54, 1.807) is 6.20 Å². The Bertz CT molecular complexity index is 1640. The van der Waals surface area contributed by atoms with E-state index < -0.39 is 42.5 Å². The van der Waals surface area contributed by atoms with Crippen molar-refractivity contribution in [2.24, 2.45) is 0 Å². The predicted molar refractivity (Wildman–Crippen MR) is 202 cm³/mol. The fraction of sp³-hybridized carbons (Fsp3) is 0.550. The summed E-state index contributed by atoms with van der Waals surface area (Å²) in [5.74, 6) is 0.0836. The maximum absolute atomic E-state index is 13.2. The standard InChI is InChI=1S/C40H52Cl2N2O9/c41-32-22-27(25-52-40(15-16-40)31-23-43-17-14-29(31)30-10-3-4-11-35(30)53-28-12-13-28)33(42)21-26(32)9-5-7-19-44(18-6-1-2-8-20-45)39(51)38(50)37(49)36(48)34(47)24-46/h3-4,10-11,14,17,21-23,28,34,36-38,45-50H,1-2,5-9,12-13,15-16,18-20,24-25H2/t34-,36-,37+,38-/m1/s1. The highest BCUT2D eigenvalue weighted by molar-refractivity contribution is 6.34. The molecule has 2 aliphatic rings. The number of aliphatic hydroxyl groups excluding tert-OH is 6. The minimum atomic E-state index is -1.98. The number of aryl methyl sites for hydroxylation is 1. The summed E-state index contributed by atoms with van der Waals surface area (Å²) < 4.78 is 12.8. The van der Waals surface area contributed by atoms with Crippen LogP contribution in [0.2, 0.25) is 10.0 Å². The normalized spacial score (nSPS) is 17.2. The summed E-state index contributed by atoms with van der Waals surface area (Å²) in [6, 6.07) is 13.8. The molecule has 0 aliphatic heterocycles. The van der Waals surface area contributed by atoms with Crippen LogP contribution in [0.4, 0.5) is 0 Å². The van der Waals surface area contributed by atoms with Crippen LogP contribution >= 0.6 is 23.2 Å². The van der Waals surface area contributed by atoms with Crippen LogP contribution in [-0.2, 0) is 28.2 Å². The van der Waals surface area contributed by atoms with Crippen molar-refractivity contribution in [3.63, 3.8) is 0 Å². The second-order valence-electron chi connectivity index (χ2n) is 14.1. The van der Waals surface area contributed by atoms with E-state index in [1.165, 1.54) is 4.90 Å². The molecule has 3 aromatic rings. The summed E-state index contributed by atoms with van der Waals surface area (Å²) in [6.45, 7) is 0.0806. The third-order valence-corrected chi connectivity index (χ3v) is 10.7. The summed E-state index contributed by atoms with van der Waals surface area (Å²) in [7, 11) is 0. The Kier molecular flexibility index (Phi) is 15.3. The largest absolute Gasteiger partial charge is 0.490 e. The molecule has 53 heavy (non-hydrogen) atoms. The molecule has 2 aromatic carbocycles. The lowest BCUT2D eigenvalue weighted by Gasteiger charge is -2.30. The molecule has 13 heteroatoms. The Balaban J connectivity index is 1.18. The van der Waals surface area contributed by atoms with Gasteiger partial charge in [0.15, 0.2) is 6.10 Å². The summed E-state index contributed by atoms with van der Waals surface area (Å²) in [4.78, 5) is 19.0. The number of rotatable bonds is 23. The highest BCUT2D eigenvalue weighted by Crippen LogP contribution is 2.53. The van der Waals surface area contributed by atoms with E-state index in [1.807, 2.05) is 42.6 Å². The van der Waals surface area contributed by atoms with Gasteiger partial charge in [-0.2, -0.15) is 0 Å². The van der Waals surface area contributed by atoms with Gasteiger partial charge in [0.2, 0.25) is 0 Å². The molecular formula is C40H52Cl2N2O9. The maximum Gasteiger partial charge on any atom is 0.254 e. The Labute approximate surface area is 321 Å². The average Bonchev–Trinajstić information content (AvgIpc) is 4.12. The molecule has 11 nitrogen and oxygen atoms in total. The van der Waals surface area contributed by atoms with E-state index in [0.29, 0.717) is 48.7 Å². The molecule has 0 saturated heterocycles. The number of unbranched alkanes of at least 4 members (excludes halogenated alkanes) is 4. The Morgan fingerprint density at radius 2 is 1.55 bits per heavy atom. The van der Waals surface area contributed by atoms with Gasteiger partial charge in [0.05, 0.1) is 24.9 Å². The second kappa shape index (κ2) is 19.7. The molecule has 0 spiro atoms. The van der Waals surface area contributed by atoms with Crippen LogP contribution in [0.15, 0.2) is 54.9 Å². The van der Waals surface area contributed by atoms with Crippen molar-refractivity contribution < 1.29 is 44.9 Å². The van der Waals surface area contributed by atoms with Crippen LogP contribution in [-0.4, -0.2) is 103 Å². The first-order chi connectivity index (χ1) is 25.6. The Morgan fingerprint density at radius 3 is 2.25 bits per heavy atom. The van der Waals surface area contributed by atoms with Gasteiger partial charge in [0.1, 0.15) is 24.1 Å². The monoisotopic (exact) mass is 774 g/mol. The molecule has 0 radical (unpaired) electrons. The van der Waals surface area contributed by atoms with Gasteiger partial charge in [-0.15, -0.1) is 0 Å². The first kappa shape index (κ1) is 41.3. The molecule has 290 valence electrons. The minimum Gasteiger partial charge on any atom is -0.490 e. The van der Waals surface area contributed by atoms with Crippen LogP contribution in [0.5, 0.6) is 5.75 Å². The number of para-hydroxylation sites is 1. The van der Waals surface area contributed by atoms with E-state index in [9.17, 15) is 25.2 Å². The summed E-state index contributed by atoms with van der Waals surface area (Å²) in [6.07, 6.45) is 4.80. The molecule has 1 amide bonds. The van der Waals surface area contributed by atoms with E-state index in [4.69, 9.17) is 42.9 Å². The van der Waals surface area contributed by atoms with Gasteiger partial charge in [-0.1, -0.05) is 54.2 Å². The van der Waals surface area contributed by atoms with Gasteiger partial charge >= 0.3 is 0 Å². The number of pyridine rings is 1. The minimum absolute atomic E-state index is 0.0815. The number of ether oxygens (including phenoxy) is 2. The number of nitrogens with zero attached hydrogens (tertiary/aromatic N) is 2. The average molecular weight is 776 g/mol. The van der Waals surface area contributed by atoms with E-state index in [0.717, 1.165) is 72.1 Å². The molecule has 0 unspecified atom stereocenters. The maximum atomic E-state index is 13.2. The lowest BCUT2D eigenvalue weighted by molar-refractivity contribution is -0.158. The molecule has 1 heterocycles. The Morgan fingerprint density at radius 1 is 0.868 bits per heavy atom.